The van der Waals surface area contributed by atoms with Gasteiger partial charge in [-0.2, -0.15) is 5.21 Å². The first-order chi connectivity index (χ1) is 19.5. The van der Waals surface area contributed by atoms with Crippen molar-refractivity contribution in [2.24, 2.45) is 29.6 Å². The van der Waals surface area contributed by atoms with E-state index in [4.69, 9.17) is 0 Å². The van der Waals surface area contributed by atoms with Crippen LogP contribution in [-0.2, 0) is 0 Å². The third kappa shape index (κ3) is 5.79. The molecule has 4 heterocycles. The molecule has 6 unspecified atom stereocenters. The number of benzene rings is 1. The fourth-order valence-corrected chi connectivity index (χ4v) is 8.64. The first-order valence-electron chi connectivity index (χ1n) is 16.1. The van der Waals surface area contributed by atoms with Crippen LogP contribution in [0, 0.1) is 29.6 Å². The molecular weight excluding hydrogens is 498 g/mol. The molecule has 2 aliphatic carbocycles. The molecule has 5 fully saturated rings. The van der Waals surface area contributed by atoms with Gasteiger partial charge in [-0.05, 0) is 80.2 Å². The number of para-hydroxylation sites is 1. The van der Waals surface area contributed by atoms with Gasteiger partial charge in [0, 0.05) is 30.4 Å². The van der Waals surface area contributed by atoms with Crippen LogP contribution in [0.25, 0.3) is 0 Å². The van der Waals surface area contributed by atoms with Crippen LogP contribution in [0.15, 0.2) is 30.3 Å². The van der Waals surface area contributed by atoms with Gasteiger partial charge in [-0.1, -0.05) is 76.3 Å². The molecule has 8 nitrogen and oxygen atoms in total. The second kappa shape index (κ2) is 12.2. The van der Waals surface area contributed by atoms with E-state index in [2.05, 4.69) is 63.7 Å². The lowest BCUT2D eigenvalue weighted by Gasteiger charge is -2.50. The molecule has 2 amide bonds. The number of likely N-dealkylation sites (tertiary alicyclic amines) is 1. The summed E-state index contributed by atoms with van der Waals surface area (Å²) >= 11 is 0. The summed E-state index contributed by atoms with van der Waals surface area (Å²) in [5, 5.41) is 18.4. The number of carbonyl (C=O) groups excluding carboxylic acids is 1. The molecule has 8 heteroatoms. The summed E-state index contributed by atoms with van der Waals surface area (Å²) in [5.41, 5.74) is 0.978. The van der Waals surface area contributed by atoms with Gasteiger partial charge < -0.3 is 10.2 Å². The number of H-pyrrole nitrogens is 1. The first-order valence-corrected chi connectivity index (χ1v) is 16.1. The topological polar surface area (TPSA) is 90.0 Å². The standard InChI is InChI=1S/C22H31N7O.C10H18/c1-14-11-15(2)19-13-17(12-18(14)23-19)29(16-7-4-3-5-8-16)22(30)28-10-6-9-20(28)21-24-26-27-25-21;1-8-5-6-9-3-2-4-10(8)7-9/h3-5,7-8,14-15,17-20,23H,6,9-13H2,1-2H3,(H,24,25,26,27);8-10H,2-7H2,1H3/t14-,15?,17?,18?,19?,20+;8?,9-,10?/m11/s1. The number of piperidine rings is 2. The average molecular weight is 548 g/mol. The lowest BCUT2D eigenvalue weighted by Crippen LogP contribution is -2.62. The third-order valence-corrected chi connectivity index (χ3v) is 11.0. The van der Waals surface area contributed by atoms with Gasteiger partial charge in [0.1, 0.15) is 0 Å². The zero-order valence-corrected chi connectivity index (χ0v) is 24.7. The molecule has 2 aromatic rings. The van der Waals surface area contributed by atoms with Crippen molar-refractivity contribution in [3.05, 3.63) is 36.2 Å². The van der Waals surface area contributed by atoms with Crippen LogP contribution in [0.1, 0.15) is 103 Å². The predicted molar refractivity (Wildman–Crippen MR) is 158 cm³/mol. The van der Waals surface area contributed by atoms with Crippen LogP contribution in [0.4, 0.5) is 10.5 Å². The number of hydrogen-bond donors (Lipinski definition) is 2. The smallest absolute Gasteiger partial charge is 0.314 e. The number of urea groups is 1. The summed E-state index contributed by atoms with van der Waals surface area (Å²) in [4.78, 5) is 18.0. The summed E-state index contributed by atoms with van der Waals surface area (Å²) in [5.74, 6) is 5.17. The SMILES string of the molecule is CC1CC[C@H]2CCCC1C2.CC1C[C@@H](C)C2CC(N(C(=O)N3CCC[C@H]3c3nn[nH]n3)c3ccccc3)CC1N2. The molecule has 1 aromatic carbocycles. The lowest BCUT2D eigenvalue weighted by molar-refractivity contribution is 0.116. The number of fused-ring (bicyclic) bond motifs is 4. The van der Waals surface area contributed by atoms with Gasteiger partial charge in [0.25, 0.3) is 0 Å². The van der Waals surface area contributed by atoms with Crippen molar-refractivity contribution in [2.75, 3.05) is 11.4 Å². The Morgan fingerprint density at radius 1 is 0.875 bits per heavy atom. The van der Waals surface area contributed by atoms with E-state index in [9.17, 15) is 4.79 Å². The van der Waals surface area contributed by atoms with Gasteiger partial charge in [0.15, 0.2) is 5.82 Å². The number of carbonyl (C=O) groups is 1. The van der Waals surface area contributed by atoms with E-state index < -0.39 is 0 Å². The number of rotatable bonds is 3. The van der Waals surface area contributed by atoms with E-state index in [1.54, 1.807) is 12.8 Å². The molecule has 4 bridgehead atoms. The Kier molecular flexibility index (Phi) is 8.42. The van der Waals surface area contributed by atoms with E-state index in [-0.39, 0.29) is 18.1 Å². The van der Waals surface area contributed by atoms with Gasteiger partial charge >= 0.3 is 6.03 Å². The van der Waals surface area contributed by atoms with Crippen LogP contribution >= 0.6 is 0 Å². The summed E-state index contributed by atoms with van der Waals surface area (Å²) in [6, 6.07) is 11.2. The maximum absolute atomic E-state index is 14.0. The Balaban J connectivity index is 0.000000242. The Bertz CT molecular complexity index is 1080. The van der Waals surface area contributed by atoms with Crippen LogP contribution in [0.5, 0.6) is 0 Å². The van der Waals surface area contributed by atoms with Gasteiger partial charge in [-0.15, -0.1) is 10.2 Å². The molecule has 1 aromatic heterocycles. The second-order valence-electron chi connectivity index (χ2n) is 13.7. The quantitative estimate of drug-likeness (QED) is 0.467. The molecule has 3 saturated heterocycles. The van der Waals surface area contributed by atoms with Crippen molar-refractivity contribution in [2.45, 2.75) is 116 Å². The normalized spacial score (nSPS) is 36.9. The highest BCUT2D eigenvalue weighted by Gasteiger charge is 2.44. The van der Waals surface area contributed by atoms with Crippen LogP contribution < -0.4 is 10.2 Å². The Morgan fingerprint density at radius 2 is 1.65 bits per heavy atom. The molecule has 7 rings (SSSR count). The Hall–Kier alpha value is -2.48. The van der Waals surface area contributed by atoms with Gasteiger partial charge in [0.2, 0.25) is 0 Å². The van der Waals surface area contributed by atoms with Crippen molar-refractivity contribution in [1.82, 2.24) is 30.8 Å². The molecule has 0 spiro atoms. The molecule has 3 aliphatic heterocycles. The van der Waals surface area contributed by atoms with E-state index in [0.29, 0.717) is 29.7 Å². The molecule has 218 valence electrons. The fraction of sp³-hybridized carbons (Fsp3) is 0.750. The summed E-state index contributed by atoms with van der Waals surface area (Å²) in [6.45, 7) is 7.86. The van der Waals surface area contributed by atoms with E-state index in [1.165, 1.54) is 32.1 Å². The minimum Gasteiger partial charge on any atom is -0.314 e. The highest BCUT2D eigenvalue weighted by atomic mass is 16.2. The van der Waals surface area contributed by atoms with Gasteiger partial charge in [-0.25, -0.2) is 4.79 Å². The first kappa shape index (κ1) is 27.7. The Morgan fingerprint density at radius 3 is 2.35 bits per heavy atom. The maximum atomic E-state index is 14.0. The largest absolute Gasteiger partial charge is 0.325 e. The Labute approximate surface area is 240 Å². The molecule has 2 saturated carbocycles. The molecular formula is C32H49N7O. The van der Waals surface area contributed by atoms with Gasteiger partial charge in [0.05, 0.1) is 6.04 Å². The summed E-state index contributed by atoms with van der Waals surface area (Å²) in [6.07, 6.45) is 14.3. The molecule has 40 heavy (non-hydrogen) atoms. The highest BCUT2D eigenvalue weighted by Crippen LogP contribution is 2.43. The number of nitrogens with zero attached hydrogens (tertiary/aromatic N) is 5. The predicted octanol–water partition coefficient (Wildman–Crippen LogP) is 6.35. The van der Waals surface area contributed by atoms with Crippen molar-refractivity contribution < 1.29 is 4.79 Å². The van der Waals surface area contributed by atoms with Crippen LogP contribution in [0.2, 0.25) is 0 Å². The number of tetrazole rings is 1. The van der Waals surface area contributed by atoms with Crippen molar-refractivity contribution in [1.29, 1.82) is 0 Å². The second-order valence-corrected chi connectivity index (χ2v) is 13.7. The molecule has 2 N–H and O–H groups in total. The monoisotopic (exact) mass is 547 g/mol. The fourth-order valence-electron chi connectivity index (χ4n) is 8.64. The van der Waals surface area contributed by atoms with Crippen LogP contribution in [-0.4, -0.2) is 56.2 Å². The number of amides is 2. The molecule has 0 radical (unpaired) electrons. The summed E-state index contributed by atoms with van der Waals surface area (Å²) < 4.78 is 0. The summed E-state index contributed by atoms with van der Waals surface area (Å²) in [7, 11) is 0. The number of aromatic amines is 1. The molecule has 5 aliphatic rings. The zero-order chi connectivity index (χ0) is 27.6. The van der Waals surface area contributed by atoms with Gasteiger partial charge in [-0.3, -0.25) is 4.90 Å². The third-order valence-electron chi connectivity index (χ3n) is 11.0. The lowest BCUT2D eigenvalue weighted by atomic mass is 9.67. The zero-order valence-electron chi connectivity index (χ0n) is 24.7. The number of nitrogens with one attached hydrogen (secondary N) is 2. The maximum Gasteiger partial charge on any atom is 0.325 e. The number of anilines is 1. The minimum atomic E-state index is -0.110. The van der Waals surface area contributed by atoms with E-state index in [0.717, 1.165) is 55.7 Å². The highest BCUT2D eigenvalue weighted by molar-refractivity contribution is 5.93. The average Bonchev–Trinajstić information content (AvgIpc) is 3.68. The van der Waals surface area contributed by atoms with Crippen molar-refractivity contribution >= 4 is 11.7 Å². The van der Waals surface area contributed by atoms with Crippen molar-refractivity contribution in [3.8, 4) is 0 Å². The van der Waals surface area contributed by atoms with Crippen molar-refractivity contribution in [3.63, 3.8) is 0 Å². The number of hydrogen-bond acceptors (Lipinski definition) is 5. The number of aromatic nitrogens is 4. The van der Waals surface area contributed by atoms with Crippen LogP contribution in [0.3, 0.4) is 0 Å². The van der Waals surface area contributed by atoms with E-state index in [1.807, 2.05) is 23.1 Å². The minimum absolute atomic E-state index is 0.0683. The van der Waals surface area contributed by atoms with E-state index >= 15 is 0 Å². The molecule has 9 atom stereocenters.